The average Bonchev–Trinajstić information content (AvgIpc) is 2.37. The van der Waals surface area contributed by atoms with Crippen molar-refractivity contribution in [3.8, 4) is 5.88 Å². The van der Waals surface area contributed by atoms with Crippen molar-refractivity contribution in [2.75, 3.05) is 0 Å². The minimum atomic E-state index is -0.0697. The number of hydrogen-bond donors (Lipinski definition) is 1. The number of fused-ring (bicyclic) bond motifs is 1. The lowest BCUT2D eigenvalue weighted by Crippen LogP contribution is -2.15. The lowest BCUT2D eigenvalue weighted by Gasteiger charge is -2.17. The molecule has 2 rings (SSSR count). The molecule has 1 N–H and O–H groups in total. The summed E-state index contributed by atoms with van der Waals surface area (Å²) in [5, 5.41) is 11.3. The van der Waals surface area contributed by atoms with E-state index >= 15 is 0 Å². The Morgan fingerprint density at radius 3 is 2.63 bits per heavy atom. The van der Waals surface area contributed by atoms with Gasteiger partial charge in [0.25, 0.3) is 0 Å². The molecule has 3 heteroatoms. The zero-order chi connectivity index (χ0) is 13.8. The number of hydrogen-bond acceptors (Lipinski definition) is 3. The second-order valence-electron chi connectivity index (χ2n) is 5.36. The summed E-state index contributed by atoms with van der Waals surface area (Å²) in [5.41, 5.74) is 0.644. The van der Waals surface area contributed by atoms with Crippen molar-refractivity contribution in [2.24, 2.45) is 5.92 Å². The Morgan fingerprint density at radius 1 is 1.21 bits per heavy atom. The van der Waals surface area contributed by atoms with Crippen LogP contribution in [-0.2, 0) is 6.61 Å². The van der Waals surface area contributed by atoms with Crippen molar-refractivity contribution in [3.05, 3.63) is 36.0 Å². The first-order valence-corrected chi connectivity index (χ1v) is 6.76. The number of ether oxygens (including phenoxy) is 1. The van der Waals surface area contributed by atoms with Crippen molar-refractivity contribution in [3.63, 3.8) is 0 Å². The molecule has 1 aromatic carbocycles. The van der Waals surface area contributed by atoms with E-state index in [-0.39, 0.29) is 12.7 Å². The van der Waals surface area contributed by atoms with Gasteiger partial charge in [0.15, 0.2) is 0 Å². The van der Waals surface area contributed by atoms with Gasteiger partial charge in [0.05, 0.1) is 18.4 Å². The highest BCUT2D eigenvalue weighted by Gasteiger charge is 2.11. The van der Waals surface area contributed by atoms with Gasteiger partial charge < -0.3 is 9.84 Å². The quantitative estimate of drug-likeness (QED) is 0.893. The van der Waals surface area contributed by atoms with Crippen molar-refractivity contribution < 1.29 is 9.84 Å². The van der Waals surface area contributed by atoms with E-state index in [0.29, 0.717) is 17.5 Å². The summed E-state index contributed by atoms with van der Waals surface area (Å²) in [6, 6.07) is 9.86. The van der Waals surface area contributed by atoms with Crippen LogP contribution in [0.1, 0.15) is 32.9 Å². The Morgan fingerprint density at radius 2 is 1.95 bits per heavy atom. The summed E-state index contributed by atoms with van der Waals surface area (Å²) < 4.78 is 5.96. The van der Waals surface area contributed by atoms with Gasteiger partial charge >= 0.3 is 0 Å². The van der Waals surface area contributed by atoms with E-state index in [9.17, 15) is 5.11 Å². The molecule has 0 radical (unpaired) electrons. The molecule has 0 fully saturated rings. The molecule has 1 unspecified atom stereocenters. The fourth-order valence-electron chi connectivity index (χ4n) is 2.29. The van der Waals surface area contributed by atoms with Crippen LogP contribution < -0.4 is 4.74 Å². The fraction of sp³-hybridized carbons (Fsp3) is 0.438. The molecule has 1 aromatic heterocycles. The van der Waals surface area contributed by atoms with Gasteiger partial charge in [0.1, 0.15) is 0 Å². The first-order valence-electron chi connectivity index (χ1n) is 6.76. The Hall–Kier alpha value is -1.61. The summed E-state index contributed by atoms with van der Waals surface area (Å²) in [5.74, 6) is 1.21. The Bertz CT molecular complexity index is 551. The van der Waals surface area contributed by atoms with Crippen LogP contribution >= 0.6 is 0 Å². The van der Waals surface area contributed by atoms with Crippen LogP contribution in [0.15, 0.2) is 30.3 Å². The zero-order valence-electron chi connectivity index (χ0n) is 11.8. The SMILES string of the molecule is CC(C)CC(C)Oc1nc(CO)cc2ccccc12. The molecule has 3 nitrogen and oxygen atoms in total. The topological polar surface area (TPSA) is 42.4 Å². The number of aliphatic hydroxyl groups is 1. The summed E-state index contributed by atoms with van der Waals surface area (Å²) >= 11 is 0. The maximum absolute atomic E-state index is 9.28. The third-order valence-corrected chi connectivity index (χ3v) is 3.04. The van der Waals surface area contributed by atoms with Crippen LogP contribution in [0.3, 0.4) is 0 Å². The summed E-state index contributed by atoms with van der Waals surface area (Å²) in [4.78, 5) is 4.39. The van der Waals surface area contributed by atoms with Crippen molar-refractivity contribution in [2.45, 2.75) is 39.9 Å². The number of rotatable bonds is 5. The smallest absolute Gasteiger partial charge is 0.221 e. The number of aromatic nitrogens is 1. The molecule has 1 heterocycles. The standard InChI is InChI=1S/C16H21NO2/c1-11(2)8-12(3)19-16-15-7-5-4-6-13(15)9-14(10-18)17-16/h4-7,9,11-12,18H,8,10H2,1-3H3. The van der Waals surface area contributed by atoms with Crippen LogP contribution in [0.25, 0.3) is 10.8 Å². The maximum Gasteiger partial charge on any atom is 0.221 e. The van der Waals surface area contributed by atoms with E-state index in [1.807, 2.05) is 30.3 Å². The molecular formula is C16H21NO2. The van der Waals surface area contributed by atoms with Gasteiger partial charge in [0, 0.05) is 5.39 Å². The minimum Gasteiger partial charge on any atom is -0.474 e. The molecule has 102 valence electrons. The van der Waals surface area contributed by atoms with E-state index in [1.54, 1.807) is 0 Å². The van der Waals surface area contributed by atoms with E-state index in [2.05, 4.69) is 25.8 Å². The number of aliphatic hydroxyl groups excluding tert-OH is 1. The summed E-state index contributed by atoms with van der Waals surface area (Å²) in [6.45, 7) is 6.34. The van der Waals surface area contributed by atoms with Gasteiger partial charge in [-0.25, -0.2) is 4.98 Å². The third-order valence-electron chi connectivity index (χ3n) is 3.04. The van der Waals surface area contributed by atoms with Crippen molar-refractivity contribution >= 4 is 10.8 Å². The summed E-state index contributed by atoms with van der Waals surface area (Å²) in [7, 11) is 0. The predicted octanol–water partition coefficient (Wildman–Crippen LogP) is 3.54. The molecule has 0 saturated heterocycles. The van der Waals surface area contributed by atoms with Gasteiger partial charge in [-0.1, -0.05) is 32.0 Å². The largest absolute Gasteiger partial charge is 0.474 e. The van der Waals surface area contributed by atoms with Gasteiger partial charge in [0.2, 0.25) is 5.88 Å². The van der Waals surface area contributed by atoms with E-state index < -0.39 is 0 Å². The lowest BCUT2D eigenvalue weighted by molar-refractivity contribution is 0.186. The first-order chi connectivity index (χ1) is 9.10. The van der Waals surface area contributed by atoms with E-state index in [0.717, 1.165) is 17.2 Å². The Labute approximate surface area is 114 Å². The lowest BCUT2D eigenvalue weighted by atomic mass is 10.1. The van der Waals surface area contributed by atoms with Crippen molar-refractivity contribution in [1.29, 1.82) is 0 Å². The monoisotopic (exact) mass is 259 g/mol. The molecule has 0 aliphatic rings. The van der Waals surface area contributed by atoms with Crippen LogP contribution in [0.5, 0.6) is 5.88 Å². The number of benzene rings is 1. The predicted molar refractivity (Wildman–Crippen MR) is 77.2 cm³/mol. The molecule has 0 saturated carbocycles. The fourth-order valence-corrected chi connectivity index (χ4v) is 2.29. The molecule has 0 bridgehead atoms. The minimum absolute atomic E-state index is 0.0697. The molecule has 2 aromatic rings. The molecule has 0 spiro atoms. The van der Waals surface area contributed by atoms with Gasteiger partial charge in [-0.2, -0.15) is 0 Å². The summed E-state index contributed by atoms with van der Waals surface area (Å²) in [6.07, 6.45) is 1.10. The molecule has 0 aliphatic heterocycles. The van der Waals surface area contributed by atoms with E-state index in [4.69, 9.17) is 4.74 Å². The second-order valence-corrected chi connectivity index (χ2v) is 5.36. The van der Waals surface area contributed by atoms with Gasteiger partial charge in [-0.15, -0.1) is 0 Å². The highest BCUT2D eigenvalue weighted by molar-refractivity contribution is 5.87. The molecular weight excluding hydrogens is 238 g/mol. The highest BCUT2D eigenvalue weighted by atomic mass is 16.5. The van der Waals surface area contributed by atoms with Gasteiger partial charge in [-0.05, 0) is 36.8 Å². The zero-order valence-corrected chi connectivity index (χ0v) is 11.8. The Balaban J connectivity index is 2.35. The highest BCUT2D eigenvalue weighted by Crippen LogP contribution is 2.26. The molecule has 1 atom stereocenters. The first kappa shape index (κ1) is 13.8. The van der Waals surface area contributed by atoms with Crippen LogP contribution in [0.4, 0.5) is 0 Å². The number of pyridine rings is 1. The third kappa shape index (κ3) is 3.44. The molecule has 0 amide bonds. The molecule has 0 aliphatic carbocycles. The second kappa shape index (κ2) is 6.02. The molecule has 19 heavy (non-hydrogen) atoms. The van der Waals surface area contributed by atoms with Crippen LogP contribution in [-0.4, -0.2) is 16.2 Å². The maximum atomic E-state index is 9.28. The van der Waals surface area contributed by atoms with Crippen LogP contribution in [0, 0.1) is 5.92 Å². The van der Waals surface area contributed by atoms with E-state index in [1.165, 1.54) is 0 Å². The Kier molecular flexibility index (Phi) is 4.38. The van der Waals surface area contributed by atoms with Crippen LogP contribution in [0.2, 0.25) is 0 Å². The van der Waals surface area contributed by atoms with Gasteiger partial charge in [-0.3, -0.25) is 0 Å². The van der Waals surface area contributed by atoms with Crippen molar-refractivity contribution in [1.82, 2.24) is 4.98 Å². The normalized spacial score (nSPS) is 12.9. The average molecular weight is 259 g/mol. The number of nitrogens with zero attached hydrogens (tertiary/aromatic N) is 1.